The van der Waals surface area contributed by atoms with Crippen LogP contribution in [0.2, 0.25) is 0 Å². The first-order valence-corrected chi connectivity index (χ1v) is 12.4. The molecule has 7 heteroatoms. The predicted molar refractivity (Wildman–Crippen MR) is 139 cm³/mol. The zero-order valence-corrected chi connectivity index (χ0v) is 20.8. The number of benzene rings is 3. The van der Waals surface area contributed by atoms with E-state index in [-0.39, 0.29) is 0 Å². The number of rotatable bonds is 6. The molecule has 0 fully saturated rings. The van der Waals surface area contributed by atoms with Crippen molar-refractivity contribution in [1.29, 1.82) is 0 Å². The Morgan fingerprint density at radius 2 is 1.76 bits per heavy atom. The van der Waals surface area contributed by atoms with E-state index in [1.165, 1.54) is 11.3 Å². The van der Waals surface area contributed by atoms with Crippen LogP contribution in [-0.2, 0) is 13.1 Å². The number of aryl methyl sites for hydroxylation is 1. The van der Waals surface area contributed by atoms with Crippen molar-refractivity contribution in [3.8, 4) is 22.8 Å². The lowest BCUT2D eigenvalue weighted by Gasteiger charge is -2.30. The lowest BCUT2D eigenvalue weighted by atomic mass is 10.0. The highest BCUT2D eigenvalue weighted by Gasteiger charge is 2.20. The number of aromatic nitrogens is 3. The first-order chi connectivity index (χ1) is 16.1. The van der Waals surface area contributed by atoms with Crippen LogP contribution < -0.4 is 9.64 Å². The molecule has 0 radical (unpaired) electrons. The highest BCUT2D eigenvalue weighted by atomic mass is 79.9. The molecule has 0 spiro atoms. The van der Waals surface area contributed by atoms with Crippen molar-refractivity contribution in [2.45, 2.75) is 26.4 Å². The van der Waals surface area contributed by atoms with E-state index in [1.54, 1.807) is 0 Å². The monoisotopic (exact) mass is 520 g/mol. The molecule has 1 aromatic heterocycles. The maximum absolute atomic E-state index is 5.97. The molecule has 0 unspecified atom stereocenters. The molecule has 0 aliphatic carbocycles. The van der Waals surface area contributed by atoms with Gasteiger partial charge >= 0.3 is 0 Å². The number of halogens is 1. The molecule has 0 bridgehead atoms. The van der Waals surface area contributed by atoms with Gasteiger partial charge in [-0.1, -0.05) is 46.3 Å². The van der Waals surface area contributed by atoms with E-state index >= 15 is 0 Å². The normalized spacial score (nSPS) is 13.1. The average molecular weight is 521 g/mol. The van der Waals surface area contributed by atoms with E-state index in [9.17, 15) is 0 Å². The number of ether oxygens (including phenoxy) is 1. The molecule has 0 N–H and O–H groups in total. The summed E-state index contributed by atoms with van der Waals surface area (Å²) in [5.41, 5.74) is 4.63. The molecule has 2 heterocycles. The summed E-state index contributed by atoms with van der Waals surface area (Å²) in [5, 5.41) is 5.00. The number of hydrogen-bond acceptors (Lipinski definition) is 4. The quantitative estimate of drug-likeness (QED) is 0.267. The van der Waals surface area contributed by atoms with Gasteiger partial charge in [-0.05, 0) is 80.0 Å². The third-order valence-electron chi connectivity index (χ3n) is 5.86. The molecular formula is C26H25BrN4OS. The van der Waals surface area contributed by atoms with Crippen molar-refractivity contribution < 1.29 is 4.74 Å². The number of para-hydroxylation sites is 1. The summed E-state index contributed by atoms with van der Waals surface area (Å²) in [6, 6.07) is 24.8. The molecule has 4 aromatic rings. The third kappa shape index (κ3) is 4.48. The van der Waals surface area contributed by atoms with Crippen molar-refractivity contribution in [1.82, 2.24) is 14.3 Å². The van der Waals surface area contributed by atoms with Crippen LogP contribution in [-0.4, -0.2) is 27.5 Å². The molecule has 3 aromatic carbocycles. The Morgan fingerprint density at radius 1 is 1.00 bits per heavy atom. The van der Waals surface area contributed by atoms with Crippen LogP contribution in [0.5, 0.6) is 5.75 Å². The van der Waals surface area contributed by atoms with Gasteiger partial charge in [-0.25, -0.2) is 4.68 Å². The van der Waals surface area contributed by atoms with Crippen LogP contribution in [0.4, 0.5) is 5.69 Å². The Morgan fingerprint density at radius 3 is 2.52 bits per heavy atom. The molecule has 0 atom stereocenters. The van der Waals surface area contributed by atoms with Gasteiger partial charge in [0.05, 0.1) is 12.3 Å². The number of anilines is 1. The first-order valence-electron chi connectivity index (χ1n) is 11.2. The van der Waals surface area contributed by atoms with E-state index in [2.05, 4.69) is 57.2 Å². The maximum atomic E-state index is 5.97. The van der Waals surface area contributed by atoms with Gasteiger partial charge in [0.25, 0.3) is 0 Å². The van der Waals surface area contributed by atoms with Crippen molar-refractivity contribution in [2.75, 3.05) is 18.1 Å². The topological polar surface area (TPSA) is 35.2 Å². The molecule has 5 rings (SSSR count). The Hall–Kier alpha value is -2.90. The second kappa shape index (κ2) is 9.53. The van der Waals surface area contributed by atoms with Crippen LogP contribution in [0.15, 0.2) is 77.3 Å². The van der Waals surface area contributed by atoms with Crippen LogP contribution in [0.3, 0.4) is 0 Å². The lowest BCUT2D eigenvalue weighted by molar-refractivity contribution is 0.340. The summed E-state index contributed by atoms with van der Waals surface area (Å²) in [5.74, 6) is 1.66. The summed E-state index contributed by atoms with van der Waals surface area (Å²) in [6.07, 6.45) is 2.24. The third-order valence-corrected chi connectivity index (χ3v) is 6.78. The van der Waals surface area contributed by atoms with Gasteiger partial charge in [0.2, 0.25) is 4.77 Å². The minimum absolute atomic E-state index is 0.614. The van der Waals surface area contributed by atoms with Crippen molar-refractivity contribution in [3.05, 3.63) is 87.6 Å². The van der Waals surface area contributed by atoms with Crippen LogP contribution in [0.25, 0.3) is 17.1 Å². The molecular weight excluding hydrogens is 496 g/mol. The maximum Gasteiger partial charge on any atom is 0.204 e. The molecule has 1 aliphatic rings. The van der Waals surface area contributed by atoms with Gasteiger partial charge in [-0.15, -0.1) is 5.10 Å². The number of nitrogens with zero attached hydrogens (tertiary/aromatic N) is 4. The largest absolute Gasteiger partial charge is 0.494 e. The van der Waals surface area contributed by atoms with Gasteiger partial charge < -0.3 is 9.64 Å². The average Bonchev–Trinajstić information content (AvgIpc) is 3.16. The lowest BCUT2D eigenvalue weighted by Crippen LogP contribution is -2.32. The van der Waals surface area contributed by atoms with Crippen molar-refractivity contribution >= 4 is 33.8 Å². The second-order valence-corrected chi connectivity index (χ2v) is 9.29. The Bertz CT molecular complexity index is 1310. The minimum atomic E-state index is 0.614. The molecule has 1 aliphatic heterocycles. The van der Waals surface area contributed by atoms with E-state index in [0.717, 1.165) is 46.7 Å². The summed E-state index contributed by atoms with van der Waals surface area (Å²) in [6.45, 7) is 4.22. The summed E-state index contributed by atoms with van der Waals surface area (Å²) in [7, 11) is 0. The predicted octanol–water partition coefficient (Wildman–Crippen LogP) is 6.64. The van der Waals surface area contributed by atoms with Crippen LogP contribution in [0.1, 0.15) is 18.9 Å². The fraction of sp³-hybridized carbons (Fsp3) is 0.231. The number of fused-ring (bicyclic) bond motifs is 1. The van der Waals surface area contributed by atoms with E-state index in [0.29, 0.717) is 18.0 Å². The highest BCUT2D eigenvalue weighted by Crippen LogP contribution is 2.29. The summed E-state index contributed by atoms with van der Waals surface area (Å²) < 4.78 is 11.3. The van der Waals surface area contributed by atoms with Crippen molar-refractivity contribution in [3.63, 3.8) is 0 Å². The number of hydrogen-bond donors (Lipinski definition) is 0. The van der Waals surface area contributed by atoms with Gasteiger partial charge in [0.15, 0.2) is 5.82 Å². The first kappa shape index (κ1) is 21.9. The van der Waals surface area contributed by atoms with E-state index in [1.807, 2.05) is 52.6 Å². The van der Waals surface area contributed by atoms with Crippen molar-refractivity contribution in [2.24, 2.45) is 0 Å². The zero-order valence-electron chi connectivity index (χ0n) is 18.4. The molecule has 0 saturated carbocycles. The molecule has 5 nitrogen and oxygen atoms in total. The molecule has 168 valence electrons. The van der Waals surface area contributed by atoms with E-state index in [4.69, 9.17) is 22.1 Å². The van der Waals surface area contributed by atoms with Crippen LogP contribution >= 0.6 is 28.1 Å². The second-order valence-electron chi connectivity index (χ2n) is 8.01. The van der Waals surface area contributed by atoms with Crippen LogP contribution in [0, 0.1) is 4.77 Å². The standard InChI is InChI=1S/C26H25BrN4OS/c1-2-32-23-15-13-22(14-16-23)31-25(20-9-11-21(27)12-10-20)28-30(26(31)33)18-29-17-5-7-19-6-3-4-8-24(19)29/h3-4,6,8-16H,2,5,7,17-18H2,1H3. The van der Waals surface area contributed by atoms with Gasteiger partial charge in [-0.3, -0.25) is 4.57 Å². The fourth-order valence-electron chi connectivity index (χ4n) is 4.30. The van der Waals surface area contributed by atoms with Gasteiger partial charge in [0.1, 0.15) is 12.4 Å². The smallest absolute Gasteiger partial charge is 0.204 e. The Balaban J connectivity index is 1.58. The Kier molecular flexibility index (Phi) is 6.33. The molecule has 0 amide bonds. The molecule has 33 heavy (non-hydrogen) atoms. The van der Waals surface area contributed by atoms with Gasteiger partial charge in [0, 0.05) is 22.3 Å². The minimum Gasteiger partial charge on any atom is -0.494 e. The summed E-state index contributed by atoms with van der Waals surface area (Å²) >= 11 is 9.50. The fourth-order valence-corrected chi connectivity index (χ4v) is 4.85. The summed E-state index contributed by atoms with van der Waals surface area (Å²) in [4.78, 5) is 2.37. The highest BCUT2D eigenvalue weighted by molar-refractivity contribution is 9.10. The SMILES string of the molecule is CCOc1ccc(-n2c(-c3ccc(Br)cc3)nn(CN3CCCc4ccccc43)c2=S)cc1. The Labute approximate surface area is 207 Å². The van der Waals surface area contributed by atoms with Gasteiger partial charge in [-0.2, -0.15) is 0 Å². The zero-order chi connectivity index (χ0) is 22.8. The van der Waals surface area contributed by atoms with E-state index < -0.39 is 0 Å². The molecule has 0 saturated heterocycles.